The third-order valence-electron chi connectivity index (χ3n) is 1.69. The van der Waals surface area contributed by atoms with Crippen molar-refractivity contribution >= 4 is 5.97 Å². The van der Waals surface area contributed by atoms with Crippen LogP contribution in [0.5, 0.6) is 5.75 Å². The number of hydrogen-bond donors (Lipinski definition) is 1. The molecule has 4 heteroatoms. The highest BCUT2D eigenvalue weighted by atomic mass is 16.5. The van der Waals surface area contributed by atoms with E-state index in [0.29, 0.717) is 11.3 Å². The Bertz CT molecular complexity index is 357. The van der Waals surface area contributed by atoms with Gasteiger partial charge in [0.2, 0.25) is 0 Å². The molecule has 0 radical (unpaired) electrons. The van der Waals surface area contributed by atoms with Gasteiger partial charge in [-0.25, -0.2) is 4.79 Å². The van der Waals surface area contributed by atoms with Crippen LogP contribution in [0.15, 0.2) is 36.6 Å². The molecule has 0 atom stereocenters. The molecule has 0 unspecified atom stereocenters. The summed E-state index contributed by atoms with van der Waals surface area (Å²) in [6.07, 6.45) is 2.39. The van der Waals surface area contributed by atoms with Crippen molar-refractivity contribution in [2.75, 3.05) is 7.11 Å². The summed E-state index contributed by atoms with van der Waals surface area (Å²) < 4.78 is 9.55. The van der Waals surface area contributed by atoms with E-state index in [9.17, 15) is 4.79 Å². The fraction of sp³-hybridized carbons (Fsp3) is 0.182. The summed E-state index contributed by atoms with van der Waals surface area (Å²) in [7, 11) is 1.44. The van der Waals surface area contributed by atoms with E-state index in [1.54, 1.807) is 24.3 Å². The second-order valence-corrected chi connectivity index (χ2v) is 2.73. The van der Waals surface area contributed by atoms with E-state index in [1.807, 2.05) is 0 Å². The third kappa shape index (κ3) is 3.44. The van der Waals surface area contributed by atoms with E-state index in [-0.39, 0.29) is 6.61 Å². The summed E-state index contributed by atoms with van der Waals surface area (Å²) in [6.45, 7) is -0.169. The molecule has 0 amide bonds. The van der Waals surface area contributed by atoms with Crippen molar-refractivity contribution in [2.45, 2.75) is 6.61 Å². The summed E-state index contributed by atoms with van der Waals surface area (Å²) in [6, 6.07) is 6.78. The maximum atomic E-state index is 11.2. The SMILES string of the molecule is COC=CC(=O)Oc1ccccc1CO. The number of carbonyl (C=O) groups is 1. The van der Waals surface area contributed by atoms with Crippen LogP contribution in [0, 0.1) is 0 Å². The van der Waals surface area contributed by atoms with Crippen LogP contribution in [-0.2, 0) is 16.1 Å². The predicted octanol–water partition coefficient (Wildman–Crippen LogP) is 1.24. The van der Waals surface area contributed by atoms with Crippen LogP contribution >= 0.6 is 0 Å². The van der Waals surface area contributed by atoms with Gasteiger partial charge in [-0.15, -0.1) is 0 Å². The van der Waals surface area contributed by atoms with Crippen LogP contribution in [0.1, 0.15) is 5.56 Å². The Balaban J connectivity index is 2.71. The van der Waals surface area contributed by atoms with Crippen LogP contribution in [0.3, 0.4) is 0 Å². The summed E-state index contributed by atoms with van der Waals surface area (Å²) in [5.74, 6) is -0.191. The average molecular weight is 208 g/mol. The maximum absolute atomic E-state index is 11.2. The van der Waals surface area contributed by atoms with Gasteiger partial charge in [0.1, 0.15) is 5.75 Å². The van der Waals surface area contributed by atoms with Gasteiger partial charge in [0.15, 0.2) is 0 Å². The molecule has 1 rings (SSSR count). The van der Waals surface area contributed by atoms with E-state index >= 15 is 0 Å². The lowest BCUT2D eigenvalue weighted by molar-refractivity contribution is -0.129. The molecule has 0 aliphatic rings. The highest BCUT2D eigenvalue weighted by Crippen LogP contribution is 2.17. The maximum Gasteiger partial charge on any atom is 0.339 e. The van der Waals surface area contributed by atoms with Crippen molar-refractivity contribution in [3.8, 4) is 5.75 Å². The first-order valence-electron chi connectivity index (χ1n) is 4.38. The second kappa shape index (κ2) is 5.82. The summed E-state index contributed by atoms with van der Waals surface area (Å²) in [5, 5.41) is 8.97. The van der Waals surface area contributed by atoms with Gasteiger partial charge in [0, 0.05) is 5.56 Å². The zero-order valence-electron chi connectivity index (χ0n) is 8.34. The van der Waals surface area contributed by atoms with E-state index in [4.69, 9.17) is 9.84 Å². The highest BCUT2D eigenvalue weighted by molar-refractivity contribution is 5.83. The van der Waals surface area contributed by atoms with Crippen LogP contribution in [-0.4, -0.2) is 18.2 Å². The zero-order valence-corrected chi connectivity index (χ0v) is 8.34. The van der Waals surface area contributed by atoms with Gasteiger partial charge < -0.3 is 14.6 Å². The van der Waals surface area contributed by atoms with Crippen molar-refractivity contribution in [1.29, 1.82) is 0 Å². The first-order chi connectivity index (χ1) is 7.27. The Kier molecular flexibility index (Phi) is 4.37. The van der Waals surface area contributed by atoms with Crippen molar-refractivity contribution < 1.29 is 19.4 Å². The molecule has 4 nitrogen and oxygen atoms in total. The minimum Gasteiger partial charge on any atom is -0.504 e. The lowest BCUT2D eigenvalue weighted by atomic mass is 10.2. The van der Waals surface area contributed by atoms with Crippen LogP contribution in [0.2, 0.25) is 0 Å². The van der Waals surface area contributed by atoms with Gasteiger partial charge in [0.05, 0.1) is 26.1 Å². The topological polar surface area (TPSA) is 55.8 Å². The van der Waals surface area contributed by atoms with E-state index in [2.05, 4.69) is 4.74 Å². The van der Waals surface area contributed by atoms with Crippen molar-refractivity contribution in [1.82, 2.24) is 0 Å². The van der Waals surface area contributed by atoms with Gasteiger partial charge in [0.25, 0.3) is 0 Å². The molecule has 0 aromatic heterocycles. The fourth-order valence-electron chi connectivity index (χ4n) is 1.00. The molecular weight excluding hydrogens is 196 g/mol. The Hall–Kier alpha value is -1.81. The molecular formula is C11H12O4. The van der Waals surface area contributed by atoms with Crippen molar-refractivity contribution in [3.05, 3.63) is 42.2 Å². The molecule has 0 aliphatic carbocycles. The van der Waals surface area contributed by atoms with Crippen LogP contribution < -0.4 is 4.74 Å². The second-order valence-electron chi connectivity index (χ2n) is 2.73. The van der Waals surface area contributed by atoms with Gasteiger partial charge >= 0.3 is 5.97 Å². The van der Waals surface area contributed by atoms with Gasteiger partial charge in [-0.05, 0) is 6.07 Å². The highest BCUT2D eigenvalue weighted by Gasteiger charge is 2.05. The first-order valence-corrected chi connectivity index (χ1v) is 4.38. The molecule has 0 saturated heterocycles. The number of carbonyl (C=O) groups excluding carboxylic acids is 1. The molecule has 1 aromatic carbocycles. The summed E-state index contributed by atoms with van der Waals surface area (Å²) >= 11 is 0. The Morgan fingerprint density at radius 3 is 2.87 bits per heavy atom. The van der Waals surface area contributed by atoms with Crippen molar-refractivity contribution in [3.63, 3.8) is 0 Å². The lowest BCUT2D eigenvalue weighted by Gasteiger charge is -2.05. The quantitative estimate of drug-likeness (QED) is 0.350. The molecule has 0 heterocycles. The Labute approximate surface area is 87.7 Å². The number of esters is 1. The molecule has 80 valence electrons. The predicted molar refractivity (Wildman–Crippen MR) is 54.1 cm³/mol. The van der Waals surface area contributed by atoms with Crippen molar-refractivity contribution in [2.24, 2.45) is 0 Å². The number of benzene rings is 1. The smallest absolute Gasteiger partial charge is 0.339 e. The number of aliphatic hydroxyl groups is 1. The van der Waals surface area contributed by atoms with Gasteiger partial charge in [-0.1, -0.05) is 18.2 Å². The van der Waals surface area contributed by atoms with E-state index in [1.165, 1.54) is 13.4 Å². The third-order valence-corrected chi connectivity index (χ3v) is 1.69. The number of ether oxygens (including phenoxy) is 2. The number of rotatable bonds is 4. The fourth-order valence-corrected chi connectivity index (χ4v) is 1.00. The molecule has 15 heavy (non-hydrogen) atoms. The molecule has 0 spiro atoms. The molecule has 1 N–H and O–H groups in total. The average Bonchev–Trinajstić information content (AvgIpc) is 2.27. The van der Waals surface area contributed by atoms with Crippen LogP contribution in [0.25, 0.3) is 0 Å². The Morgan fingerprint density at radius 1 is 1.47 bits per heavy atom. The minimum atomic E-state index is -0.544. The standard InChI is InChI=1S/C11H12O4/c1-14-7-6-11(13)15-10-5-3-2-4-9(10)8-12/h2-7,12H,8H2,1H3. The normalized spacial score (nSPS) is 10.3. The van der Waals surface area contributed by atoms with Crippen LogP contribution in [0.4, 0.5) is 0 Å². The zero-order chi connectivity index (χ0) is 11.1. The summed E-state index contributed by atoms with van der Waals surface area (Å²) in [4.78, 5) is 11.2. The molecule has 0 bridgehead atoms. The van der Waals surface area contributed by atoms with Gasteiger partial charge in [-0.2, -0.15) is 0 Å². The summed E-state index contributed by atoms with van der Waals surface area (Å²) in [5.41, 5.74) is 0.566. The van der Waals surface area contributed by atoms with E-state index < -0.39 is 5.97 Å². The number of aliphatic hydroxyl groups excluding tert-OH is 1. The minimum absolute atomic E-state index is 0.169. The number of hydrogen-bond acceptors (Lipinski definition) is 4. The Morgan fingerprint density at radius 2 is 2.20 bits per heavy atom. The molecule has 0 saturated carbocycles. The molecule has 1 aromatic rings. The monoisotopic (exact) mass is 208 g/mol. The molecule has 0 fully saturated rings. The largest absolute Gasteiger partial charge is 0.504 e. The lowest BCUT2D eigenvalue weighted by Crippen LogP contribution is -2.05. The van der Waals surface area contributed by atoms with Gasteiger partial charge in [-0.3, -0.25) is 0 Å². The van der Waals surface area contributed by atoms with E-state index in [0.717, 1.165) is 6.08 Å². The number of methoxy groups -OCH3 is 1. The first kappa shape index (κ1) is 11.3. The molecule has 0 aliphatic heterocycles. The number of para-hydroxylation sites is 1.